The van der Waals surface area contributed by atoms with Gasteiger partial charge in [-0.05, 0) is 24.8 Å². The molecule has 1 aliphatic heterocycles. The van der Waals surface area contributed by atoms with E-state index in [1.807, 2.05) is 0 Å². The Kier molecular flexibility index (Phi) is 4.60. The Morgan fingerprint density at radius 3 is 2.39 bits per heavy atom. The van der Waals surface area contributed by atoms with Crippen LogP contribution in [0, 0.1) is 5.41 Å². The molecule has 0 radical (unpaired) electrons. The molecule has 0 aromatic heterocycles. The third kappa shape index (κ3) is 3.21. The molecule has 0 bridgehead atoms. The molecule has 0 aromatic rings. The summed E-state index contributed by atoms with van der Waals surface area (Å²) in [6, 6.07) is 0. The number of morpholine rings is 1. The van der Waals surface area contributed by atoms with Gasteiger partial charge in [-0.2, -0.15) is 12.7 Å². The molecule has 1 saturated heterocycles. The molecule has 18 heavy (non-hydrogen) atoms. The van der Waals surface area contributed by atoms with Crippen molar-refractivity contribution in [2.24, 2.45) is 11.1 Å². The van der Waals surface area contributed by atoms with Crippen molar-refractivity contribution < 1.29 is 13.2 Å². The molecule has 7 heteroatoms. The Labute approximate surface area is 109 Å². The predicted molar refractivity (Wildman–Crippen MR) is 69.3 cm³/mol. The van der Waals surface area contributed by atoms with Gasteiger partial charge in [-0.25, -0.2) is 4.72 Å². The third-order valence-corrected chi connectivity index (χ3v) is 5.59. The lowest BCUT2D eigenvalue weighted by molar-refractivity contribution is 0.0723. The lowest BCUT2D eigenvalue weighted by atomic mass is 9.87. The minimum Gasteiger partial charge on any atom is -0.379 e. The van der Waals surface area contributed by atoms with Crippen LogP contribution in [0.5, 0.6) is 0 Å². The number of hydrogen-bond donors (Lipinski definition) is 2. The Bertz CT molecular complexity index is 360. The van der Waals surface area contributed by atoms with E-state index in [-0.39, 0.29) is 5.41 Å². The topological polar surface area (TPSA) is 84.7 Å². The smallest absolute Gasteiger partial charge is 0.279 e. The highest BCUT2D eigenvalue weighted by Gasteiger charge is 2.34. The molecule has 0 spiro atoms. The standard InChI is InChI=1S/C11H23N3O3S/c12-9-11(3-1-2-4-11)10-13-18(15,16)14-5-7-17-8-6-14/h13H,1-10,12H2. The van der Waals surface area contributed by atoms with Crippen molar-refractivity contribution in [3.8, 4) is 0 Å². The van der Waals surface area contributed by atoms with E-state index in [9.17, 15) is 8.42 Å². The van der Waals surface area contributed by atoms with Gasteiger partial charge in [-0.15, -0.1) is 0 Å². The maximum absolute atomic E-state index is 12.1. The van der Waals surface area contributed by atoms with Gasteiger partial charge in [0.05, 0.1) is 13.2 Å². The van der Waals surface area contributed by atoms with Crippen molar-refractivity contribution in [3.05, 3.63) is 0 Å². The summed E-state index contributed by atoms with van der Waals surface area (Å²) >= 11 is 0. The van der Waals surface area contributed by atoms with Crippen LogP contribution in [0.2, 0.25) is 0 Å². The Hall–Kier alpha value is -0.210. The SMILES string of the molecule is NCC1(CNS(=O)(=O)N2CCOCC2)CCCC1. The molecule has 1 heterocycles. The van der Waals surface area contributed by atoms with Crippen molar-refractivity contribution in [2.45, 2.75) is 25.7 Å². The van der Waals surface area contributed by atoms with E-state index in [1.165, 1.54) is 4.31 Å². The zero-order valence-corrected chi connectivity index (χ0v) is 11.5. The fourth-order valence-corrected chi connectivity index (χ4v) is 4.00. The van der Waals surface area contributed by atoms with E-state index in [2.05, 4.69) is 4.72 Å². The molecule has 2 aliphatic rings. The van der Waals surface area contributed by atoms with Crippen molar-refractivity contribution >= 4 is 10.2 Å². The molecular formula is C11H23N3O3S. The monoisotopic (exact) mass is 277 g/mol. The van der Waals surface area contributed by atoms with Crippen LogP contribution >= 0.6 is 0 Å². The molecule has 0 unspecified atom stereocenters. The molecule has 2 rings (SSSR count). The quantitative estimate of drug-likeness (QED) is 0.721. The van der Waals surface area contributed by atoms with Gasteiger partial charge in [0, 0.05) is 19.6 Å². The molecule has 2 fully saturated rings. The van der Waals surface area contributed by atoms with Crippen molar-refractivity contribution in [3.63, 3.8) is 0 Å². The number of nitrogens with two attached hydrogens (primary N) is 1. The first-order chi connectivity index (χ1) is 8.58. The van der Waals surface area contributed by atoms with Crippen LogP contribution in [-0.2, 0) is 14.9 Å². The highest BCUT2D eigenvalue weighted by molar-refractivity contribution is 7.87. The summed E-state index contributed by atoms with van der Waals surface area (Å²) in [7, 11) is -3.37. The number of rotatable bonds is 5. The van der Waals surface area contributed by atoms with Gasteiger partial charge in [0.2, 0.25) is 0 Å². The summed E-state index contributed by atoms with van der Waals surface area (Å²) in [5.74, 6) is 0. The fraction of sp³-hybridized carbons (Fsp3) is 1.00. The zero-order chi connectivity index (χ0) is 13.1. The van der Waals surface area contributed by atoms with E-state index < -0.39 is 10.2 Å². The van der Waals surface area contributed by atoms with Crippen LogP contribution in [-0.4, -0.2) is 52.1 Å². The van der Waals surface area contributed by atoms with Crippen molar-refractivity contribution in [2.75, 3.05) is 39.4 Å². The first-order valence-electron chi connectivity index (χ1n) is 6.61. The van der Waals surface area contributed by atoms with E-state index in [1.54, 1.807) is 0 Å². The van der Waals surface area contributed by atoms with Gasteiger partial charge < -0.3 is 10.5 Å². The van der Waals surface area contributed by atoms with Gasteiger partial charge in [0.25, 0.3) is 10.2 Å². The van der Waals surface area contributed by atoms with Crippen LogP contribution in [0.1, 0.15) is 25.7 Å². The molecule has 6 nitrogen and oxygen atoms in total. The second-order valence-corrected chi connectivity index (χ2v) is 7.00. The number of hydrogen-bond acceptors (Lipinski definition) is 4. The molecule has 106 valence electrons. The maximum atomic E-state index is 12.1. The van der Waals surface area contributed by atoms with Crippen LogP contribution in [0.3, 0.4) is 0 Å². The van der Waals surface area contributed by atoms with Crippen molar-refractivity contribution in [1.82, 2.24) is 9.03 Å². The van der Waals surface area contributed by atoms with Gasteiger partial charge in [-0.1, -0.05) is 12.8 Å². The molecule has 0 amide bonds. The number of ether oxygens (including phenoxy) is 1. The van der Waals surface area contributed by atoms with Crippen molar-refractivity contribution in [1.29, 1.82) is 0 Å². The van der Waals surface area contributed by atoms with Crippen LogP contribution in [0.25, 0.3) is 0 Å². The molecule has 0 atom stereocenters. The van der Waals surface area contributed by atoms with E-state index in [0.29, 0.717) is 39.4 Å². The second-order valence-electron chi connectivity index (χ2n) is 5.25. The minimum absolute atomic E-state index is 0.0284. The van der Waals surface area contributed by atoms with E-state index >= 15 is 0 Å². The van der Waals surface area contributed by atoms with Gasteiger partial charge in [0.1, 0.15) is 0 Å². The molecule has 0 aromatic carbocycles. The second kappa shape index (κ2) is 5.83. The minimum atomic E-state index is -3.37. The van der Waals surface area contributed by atoms with Crippen LogP contribution < -0.4 is 10.5 Å². The normalized spacial score (nSPS) is 25.4. The van der Waals surface area contributed by atoms with Gasteiger partial charge in [0.15, 0.2) is 0 Å². The first kappa shape index (κ1) is 14.2. The molecule has 1 saturated carbocycles. The number of nitrogens with zero attached hydrogens (tertiary/aromatic N) is 1. The Morgan fingerprint density at radius 1 is 1.22 bits per heavy atom. The van der Waals surface area contributed by atoms with Crippen LogP contribution in [0.15, 0.2) is 0 Å². The summed E-state index contributed by atoms with van der Waals surface area (Å²) < 4.78 is 33.6. The predicted octanol–water partition coefficient (Wildman–Crippen LogP) is -0.328. The average Bonchev–Trinajstić information content (AvgIpc) is 2.87. The third-order valence-electron chi connectivity index (χ3n) is 4.04. The van der Waals surface area contributed by atoms with E-state index in [0.717, 1.165) is 25.7 Å². The average molecular weight is 277 g/mol. The molecular weight excluding hydrogens is 254 g/mol. The molecule has 3 N–H and O–H groups in total. The first-order valence-corrected chi connectivity index (χ1v) is 8.05. The summed E-state index contributed by atoms with van der Waals surface area (Å²) in [6.07, 6.45) is 4.34. The van der Waals surface area contributed by atoms with Gasteiger partial charge in [-0.3, -0.25) is 0 Å². The summed E-state index contributed by atoms with van der Waals surface area (Å²) in [4.78, 5) is 0. The number of nitrogens with one attached hydrogen (secondary N) is 1. The highest BCUT2D eigenvalue weighted by atomic mass is 32.2. The molecule has 1 aliphatic carbocycles. The summed E-state index contributed by atoms with van der Waals surface area (Å²) in [6.45, 7) is 2.84. The Morgan fingerprint density at radius 2 is 1.83 bits per heavy atom. The Balaban J connectivity index is 1.91. The lowest BCUT2D eigenvalue weighted by Crippen LogP contribution is -2.50. The highest BCUT2D eigenvalue weighted by Crippen LogP contribution is 2.36. The summed E-state index contributed by atoms with van der Waals surface area (Å²) in [5, 5.41) is 0. The van der Waals surface area contributed by atoms with Crippen LogP contribution in [0.4, 0.5) is 0 Å². The lowest BCUT2D eigenvalue weighted by Gasteiger charge is -2.31. The van der Waals surface area contributed by atoms with Gasteiger partial charge >= 0.3 is 0 Å². The summed E-state index contributed by atoms with van der Waals surface area (Å²) in [5.41, 5.74) is 5.78. The zero-order valence-electron chi connectivity index (χ0n) is 10.7. The van der Waals surface area contributed by atoms with E-state index in [4.69, 9.17) is 10.5 Å². The largest absolute Gasteiger partial charge is 0.379 e. The maximum Gasteiger partial charge on any atom is 0.279 e. The fourth-order valence-electron chi connectivity index (χ4n) is 2.70.